The van der Waals surface area contributed by atoms with Crippen molar-refractivity contribution < 1.29 is 38.6 Å². The van der Waals surface area contributed by atoms with Crippen molar-refractivity contribution in [2.24, 2.45) is 5.10 Å². The van der Waals surface area contributed by atoms with E-state index in [1.807, 2.05) is 6.07 Å². The summed E-state index contributed by atoms with van der Waals surface area (Å²) in [5, 5.41) is 30.8. The number of aliphatic hydroxyl groups is 1. The van der Waals surface area contributed by atoms with Gasteiger partial charge in [-0.25, -0.2) is 9.59 Å². The summed E-state index contributed by atoms with van der Waals surface area (Å²) in [4.78, 5) is 35.1. The number of ether oxygens (including phenoxy) is 4. The Labute approximate surface area is 277 Å². The number of urea groups is 1. The number of benzene rings is 3. The molecule has 0 fully saturated rings. The second kappa shape index (κ2) is 16.6. The maximum atomic E-state index is 12.5. The van der Waals surface area contributed by atoms with E-state index in [4.69, 9.17) is 18.9 Å². The zero-order chi connectivity index (χ0) is 34.6. The topological polar surface area (TPSA) is 183 Å². The number of esters is 1. The highest BCUT2D eigenvalue weighted by Crippen LogP contribution is 2.35. The summed E-state index contributed by atoms with van der Waals surface area (Å²) in [6.45, 7) is 7.60. The van der Waals surface area contributed by atoms with Gasteiger partial charge in [-0.15, -0.1) is 6.58 Å². The molecular weight excluding hydrogens is 622 g/mol. The minimum absolute atomic E-state index is 0.0130. The fraction of sp³-hybridized carbons (Fsp3) is 0.265. The third kappa shape index (κ3) is 9.10. The van der Waals surface area contributed by atoms with Gasteiger partial charge in [0.05, 0.1) is 36.5 Å². The van der Waals surface area contributed by atoms with Gasteiger partial charge in [-0.1, -0.05) is 12.1 Å². The molecule has 1 heterocycles. The van der Waals surface area contributed by atoms with Crippen LogP contribution >= 0.6 is 0 Å². The molecule has 0 spiro atoms. The van der Waals surface area contributed by atoms with Crippen LogP contribution in [0.4, 0.5) is 10.5 Å². The first-order valence-electron chi connectivity index (χ1n) is 15.0. The van der Waals surface area contributed by atoms with E-state index in [0.717, 1.165) is 16.7 Å². The van der Waals surface area contributed by atoms with Crippen LogP contribution < -0.4 is 30.3 Å². The number of allylic oxidation sites excluding steroid dienone is 2. The lowest BCUT2D eigenvalue weighted by Crippen LogP contribution is -2.45. The number of hydrogen-bond acceptors (Lipinski definition) is 11. The normalized spacial score (nSPS) is 14.8. The van der Waals surface area contributed by atoms with Gasteiger partial charge >= 0.3 is 12.0 Å². The molecular formula is C34H37N5O9. The van der Waals surface area contributed by atoms with E-state index in [0.29, 0.717) is 41.5 Å². The number of methoxy groups -OCH3 is 1. The van der Waals surface area contributed by atoms with E-state index in [-0.39, 0.29) is 24.5 Å². The van der Waals surface area contributed by atoms with Crippen molar-refractivity contribution in [3.8, 4) is 17.2 Å². The number of nitro groups is 1. The van der Waals surface area contributed by atoms with Crippen molar-refractivity contribution in [1.82, 2.24) is 16.1 Å². The standard InChI is InChI=1S/C34H37N5O9/c1-5-7-24-16-23(10-14-27(24)47-19-22-8-12-26(13-9-22)39(43)44)18-35-38-30(40)20-48-28-15-11-25(17-29(28)46-6-2)32-31(33(41)45-4)21(3)36-34(42)37-32/h5,8-18,30,32,38,40H,1,6-7,19-20H2,2-4H3,(H2,36,37,42)/b35-18-/t30-,32-/m0/s1. The summed E-state index contributed by atoms with van der Waals surface area (Å²) >= 11 is 0. The van der Waals surface area contributed by atoms with Gasteiger partial charge in [-0.05, 0) is 85.0 Å². The first kappa shape index (κ1) is 35.0. The Hall–Kier alpha value is -5.89. The number of rotatable bonds is 16. The fourth-order valence-electron chi connectivity index (χ4n) is 4.83. The smallest absolute Gasteiger partial charge is 0.337 e. The molecule has 0 saturated carbocycles. The Kier molecular flexibility index (Phi) is 12.1. The third-order valence-electron chi connectivity index (χ3n) is 7.10. The largest absolute Gasteiger partial charge is 0.490 e. The number of nitrogens with one attached hydrogen (secondary N) is 3. The number of aliphatic hydroxyl groups excluding tert-OH is 1. The molecule has 4 N–H and O–H groups in total. The van der Waals surface area contributed by atoms with Gasteiger partial charge in [-0.2, -0.15) is 5.10 Å². The predicted octanol–water partition coefficient (Wildman–Crippen LogP) is 4.42. The van der Waals surface area contributed by atoms with Crippen LogP contribution in [0.15, 0.2) is 89.7 Å². The van der Waals surface area contributed by atoms with Crippen molar-refractivity contribution in [3.63, 3.8) is 0 Å². The lowest BCUT2D eigenvalue weighted by Gasteiger charge is -2.28. The van der Waals surface area contributed by atoms with Crippen LogP contribution in [-0.2, 0) is 22.6 Å². The number of hydrogen-bond donors (Lipinski definition) is 4. The number of amides is 2. The van der Waals surface area contributed by atoms with Crippen LogP contribution in [0, 0.1) is 10.1 Å². The monoisotopic (exact) mass is 659 g/mol. The molecule has 0 unspecified atom stereocenters. The molecule has 2 amide bonds. The third-order valence-corrected chi connectivity index (χ3v) is 7.10. The van der Waals surface area contributed by atoms with E-state index >= 15 is 0 Å². The van der Waals surface area contributed by atoms with Crippen LogP contribution in [-0.4, -0.2) is 54.8 Å². The second-order valence-electron chi connectivity index (χ2n) is 10.5. The number of nitro benzene ring substituents is 1. The number of hydrazone groups is 1. The molecule has 0 saturated heterocycles. The average molecular weight is 660 g/mol. The number of carbonyl (C=O) groups is 2. The first-order chi connectivity index (χ1) is 23.1. The molecule has 1 aliphatic heterocycles. The van der Waals surface area contributed by atoms with Gasteiger partial charge in [0.25, 0.3) is 5.69 Å². The van der Waals surface area contributed by atoms with Crippen LogP contribution in [0.5, 0.6) is 17.2 Å². The van der Waals surface area contributed by atoms with Crippen molar-refractivity contribution >= 4 is 23.9 Å². The molecule has 3 aromatic carbocycles. The van der Waals surface area contributed by atoms with Gasteiger partial charge < -0.3 is 34.7 Å². The van der Waals surface area contributed by atoms with Crippen molar-refractivity contribution in [1.29, 1.82) is 0 Å². The average Bonchev–Trinajstić information content (AvgIpc) is 3.07. The molecule has 0 aromatic heterocycles. The molecule has 48 heavy (non-hydrogen) atoms. The molecule has 0 aliphatic carbocycles. The Morgan fingerprint density at radius 3 is 2.54 bits per heavy atom. The molecule has 14 heteroatoms. The fourth-order valence-corrected chi connectivity index (χ4v) is 4.83. The minimum atomic E-state index is -1.17. The molecule has 0 radical (unpaired) electrons. The lowest BCUT2D eigenvalue weighted by molar-refractivity contribution is -0.384. The highest BCUT2D eigenvalue weighted by atomic mass is 16.6. The highest BCUT2D eigenvalue weighted by Gasteiger charge is 2.32. The zero-order valence-electron chi connectivity index (χ0n) is 26.7. The molecule has 2 atom stereocenters. The van der Waals surface area contributed by atoms with Crippen molar-refractivity contribution in [2.45, 2.75) is 39.1 Å². The summed E-state index contributed by atoms with van der Waals surface area (Å²) in [5.74, 6) is 0.743. The van der Waals surface area contributed by atoms with E-state index in [2.05, 4.69) is 27.7 Å². The summed E-state index contributed by atoms with van der Waals surface area (Å²) < 4.78 is 22.4. The Bertz CT molecular complexity index is 1710. The molecule has 3 aromatic rings. The summed E-state index contributed by atoms with van der Waals surface area (Å²) in [5.41, 5.74) is 6.23. The Balaban J connectivity index is 1.37. The number of carbonyl (C=O) groups excluding carboxylic acids is 2. The van der Waals surface area contributed by atoms with E-state index in [1.165, 1.54) is 25.5 Å². The second-order valence-corrected chi connectivity index (χ2v) is 10.5. The number of non-ortho nitro benzene ring substituents is 1. The van der Waals surface area contributed by atoms with Crippen molar-refractivity contribution in [3.05, 3.63) is 117 Å². The van der Waals surface area contributed by atoms with Gasteiger partial charge in [0.2, 0.25) is 0 Å². The molecule has 14 nitrogen and oxygen atoms in total. The quantitative estimate of drug-likeness (QED) is 0.0429. The molecule has 0 bridgehead atoms. The predicted molar refractivity (Wildman–Crippen MR) is 177 cm³/mol. The lowest BCUT2D eigenvalue weighted by atomic mass is 9.95. The van der Waals surface area contributed by atoms with E-state index in [9.17, 15) is 24.8 Å². The summed E-state index contributed by atoms with van der Waals surface area (Å²) in [7, 11) is 1.27. The van der Waals surface area contributed by atoms with E-state index in [1.54, 1.807) is 62.4 Å². The maximum Gasteiger partial charge on any atom is 0.337 e. The SMILES string of the molecule is C=CCc1cc(/C=N\N[C@@H](O)COc2ccc([C@@H]3NC(=O)NC(C)=C3C(=O)OC)cc2OCC)ccc1OCc1ccc([N+](=O)[O-])cc1. The van der Waals surface area contributed by atoms with Crippen LogP contribution in [0.1, 0.15) is 42.1 Å². The van der Waals surface area contributed by atoms with Gasteiger partial charge in [0.15, 0.2) is 17.7 Å². The zero-order valence-corrected chi connectivity index (χ0v) is 26.7. The summed E-state index contributed by atoms with van der Waals surface area (Å²) in [6.07, 6.45) is 2.65. The summed E-state index contributed by atoms with van der Waals surface area (Å²) in [6, 6.07) is 15.4. The first-order valence-corrected chi connectivity index (χ1v) is 15.0. The molecule has 1 aliphatic rings. The molecule has 4 rings (SSSR count). The van der Waals surface area contributed by atoms with Crippen LogP contribution in [0.25, 0.3) is 0 Å². The highest BCUT2D eigenvalue weighted by molar-refractivity contribution is 5.95. The van der Waals surface area contributed by atoms with Crippen molar-refractivity contribution in [2.75, 3.05) is 20.3 Å². The van der Waals surface area contributed by atoms with Gasteiger partial charge in [0.1, 0.15) is 19.0 Å². The maximum absolute atomic E-state index is 12.5. The Morgan fingerprint density at radius 1 is 1.10 bits per heavy atom. The van der Waals surface area contributed by atoms with Gasteiger partial charge in [0, 0.05) is 17.8 Å². The number of nitrogens with zero attached hydrogens (tertiary/aromatic N) is 2. The van der Waals surface area contributed by atoms with E-state index < -0.39 is 29.2 Å². The Morgan fingerprint density at radius 2 is 1.85 bits per heavy atom. The minimum Gasteiger partial charge on any atom is -0.490 e. The van der Waals surface area contributed by atoms with Crippen LogP contribution in [0.2, 0.25) is 0 Å². The van der Waals surface area contributed by atoms with Crippen LogP contribution in [0.3, 0.4) is 0 Å². The van der Waals surface area contributed by atoms with Gasteiger partial charge in [-0.3, -0.25) is 15.5 Å². The molecule has 252 valence electrons.